The Balaban J connectivity index is 2.13. The molecule has 0 fully saturated rings. The van der Waals surface area contributed by atoms with E-state index in [-0.39, 0.29) is 12.5 Å². The van der Waals surface area contributed by atoms with Crippen molar-refractivity contribution in [2.75, 3.05) is 6.54 Å². The van der Waals surface area contributed by atoms with Crippen molar-refractivity contribution in [2.45, 2.75) is 32.9 Å². The maximum absolute atomic E-state index is 12.1. The van der Waals surface area contributed by atoms with Crippen LogP contribution in [0.4, 0.5) is 0 Å². The van der Waals surface area contributed by atoms with E-state index in [1.165, 1.54) is 0 Å². The number of carbonyl (C=O) groups excluding carboxylic acids is 1. The van der Waals surface area contributed by atoms with Gasteiger partial charge in [0.2, 0.25) is 5.88 Å². The summed E-state index contributed by atoms with van der Waals surface area (Å²) in [5.74, 6) is 0.666. The smallest absolute Gasteiger partial charge is 0.251 e. The molecule has 0 aliphatic carbocycles. The lowest BCUT2D eigenvalue weighted by atomic mass is 10.1. The molecule has 1 aromatic heterocycles. The average Bonchev–Trinajstić information content (AvgIpc) is 2.51. The number of nitrogens with two attached hydrogens (primary N) is 1. The van der Waals surface area contributed by atoms with Crippen LogP contribution in [0.15, 0.2) is 36.4 Å². The number of rotatable bonds is 6. The Hall–Kier alpha value is -2.44. The zero-order chi connectivity index (χ0) is 17.7. The quantitative estimate of drug-likeness (QED) is 0.754. The summed E-state index contributed by atoms with van der Waals surface area (Å²) in [6.07, 6.45) is 0. The summed E-state index contributed by atoms with van der Waals surface area (Å²) in [4.78, 5) is 16.4. The van der Waals surface area contributed by atoms with Gasteiger partial charge in [-0.3, -0.25) is 4.79 Å². The van der Waals surface area contributed by atoms with Crippen molar-refractivity contribution in [3.63, 3.8) is 0 Å². The molecule has 2 rings (SSSR count). The van der Waals surface area contributed by atoms with Gasteiger partial charge in [0.1, 0.15) is 5.75 Å². The van der Waals surface area contributed by atoms with E-state index in [0.29, 0.717) is 23.7 Å². The van der Waals surface area contributed by atoms with Crippen LogP contribution in [0.1, 0.15) is 35.5 Å². The first kappa shape index (κ1) is 17.9. The fourth-order valence-corrected chi connectivity index (χ4v) is 2.10. The second-order valence-electron chi connectivity index (χ2n) is 6.28. The molecule has 4 N–H and O–H groups in total. The Morgan fingerprint density at radius 1 is 1.33 bits per heavy atom. The largest absolute Gasteiger partial charge is 0.439 e. The molecule has 0 saturated carbocycles. The van der Waals surface area contributed by atoms with Gasteiger partial charge in [-0.15, -0.1) is 0 Å². The fourth-order valence-electron chi connectivity index (χ4n) is 2.10. The van der Waals surface area contributed by atoms with E-state index >= 15 is 0 Å². The number of aromatic nitrogens is 1. The minimum absolute atomic E-state index is 0.163. The summed E-state index contributed by atoms with van der Waals surface area (Å²) in [7, 11) is 0. The Morgan fingerprint density at radius 3 is 2.75 bits per heavy atom. The summed E-state index contributed by atoms with van der Waals surface area (Å²) in [6.45, 7) is 5.69. The molecule has 24 heavy (non-hydrogen) atoms. The van der Waals surface area contributed by atoms with E-state index in [4.69, 9.17) is 10.5 Å². The Bertz CT molecular complexity index is 724. The third-order valence-electron chi connectivity index (χ3n) is 3.23. The molecule has 2 aromatic rings. The molecule has 1 amide bonds. The number of carbonyl (C=O) groups is 1. The number of aliphatic hydroxyl groups is 1. The van der Waals surface area contributed by atoms with Gasteiger partial charge in [0.05, 0.1) is 5.60 Å². The van der Waals surface area contributed by atoms with E-state index in [9.17, 15) is 9.90 Å². The normalized spacial score (nSPS) is 11.2. The number of nitrogens with zero attached hydrogens (tertiary/aromatic N) is 1. The molecule has 0 saturated heterocycles. The number of pyridine rings is 1. The van der Waals surface area contributed by atoms with Crippen LogP contribution < -0.4 is 15.8 Å². The molecule has 0 spiro atoms. The molecule has 0 unspecified atom stereocenters. The van der Waals surface area contributed by atoms with Gasteiger partial charge in [-0.25, -0.2) is 4.98 Å². The van der Waals surface area contributed by atoms with Crippen LogP contribution in [0.3, 0.4) is 0 Å². The summed E-state index contributed by atoms with van der Waals surface area (Å²) < 4.78 is 5.74. The number of amides is 1. The highest BCUT2D eigenvalue weighted by Crippen LogP contribution is 2.22. The minimum Gasteiger partial charge on any atom is -0.439 e. The maximum Gasteiger partial charge on any atom is 0.251 e. The summed E-state index contributed by atoms with van der Waals surface area (Å²) >= 11 is 0. The van der Waals surface area contributed by atoms with E-state index in [1.807, 2.05) is 13.0 Å². The maximum atomic E-state index is 12.1. The van der Waals surface area contributed by atoms with Gasteiger partial charge in [-0.2, -0.15) is 0 Å². The SMILES string of the molecule is Cc1cc(CN)cc(Oc2cccc(C(=O)NCC(C)(C)O)c2)n1. The molecule has 0 bridgehead atoms. The van der Waals surface area contributed by atoms with E-state index < -0.39 is 5.60 Å². The highest BCUT2D eigenvalue weighted by atomic mass is 16.5. The van der Waals surface area contributed by atoms with Gasteiger partial charge in [0.15, 0.2) is 0 Å². The summed E-state index contributed by atoms with van der Waals surface area (Å²) in [6, 6.07) is 10.5. The Kier molecular flexibility index (Phi) is 5.54. The van der Waals surface area contributed by atoms with Gasteiger partial charge in [0.25, 0.3) is 5.91 Å². The number of nitrogens with one attached hydrogen (secondary N) is 1. The van der Waals surface area contributed by atoms with Crippen LogP contribution in [0.5, 0.6) is 11.6 Å². The standard InChI is InChI=1S/C18H23N3O3/c1-12-7-13(10-19)8-16(21-12)24-15-6-4-5-14(9-15)17(22)20-11-18(2,3)23/h4-9,23H,10-11,19H2,1-3H3,(H,20,22). The molecular weight excluding hydrogens is 306 g/mol. The second kappa shape index (κ2) is 7.42. The molecule has 0 atom stereocenters. The van der Waals surface area contributed by atoms with E-state index in [1.54, 1.807) is 44.2 Å². The third-order valence-corrected chi connectivity index (χ3v) is 3.23. The lowest BCUT2D eigenvalue weighted by Crippen LogP contribution is -2.38. The van der Waals surface area contributed by atoms with Crippen molar-refractivity contribution in [3.8, 4) is 11.6 Å². The lowest BCUT2D eigenvalue weighted by Gasteiger charge is -2.17. The number of aryl methyl sites for hydroxylation is 1. The lowest BCUT2D eigenvalue weighted by molar-refractivity contribution is 0.0694. The number of hydrogen-bond donors (Lipinski definition) is 3. The van der Waals surface area contributed by atoms with Crippen molar-refractivity contribution in [1.82, 2.24) is 10.3 Å². The van der Waals surface area contributed by atoms with Gasteiger partial charge >= 0.3 is 0 Å². The van der Waals surface area contributed by atoms with Gasteiger partial charge in [-0.05, 0) is 50.6 Å². The topological polar surface area (TPSA) is 97.5 Å². The summed E-state index contributed by atoms with van der Waals surface area (Å²) in [5.41, 5.74) is 6.88. The van der Waals surface area contributed by atoms with Gasteiger partial charge in [0, 0.05) is 30.4 Å². The van der Waals surface area contributed by atoms with Crippen LogP contribution in [0.25, 0.3) is 0 Å². The van der Waals surface area contributed by atoms with Crippen LogP contribution in [-0.4, -0.2) is 28.1 Å². The number of hydrogen-bond acceptors (Lipinski definition) is 5. The van der Waals surface area contributed by atoms with Gasteiger partial charge < -0.3 is 20.9 Å². The van der Waals surface area contributed by atoms with Crippen molar-refractivity contribution >= 4 is 5.91 Å². The van der Waals surface area contributed by atoms with Crippen molar-refractivity contribution < 1.29 is 14.6 Å². The van der Waals surface area contributed by atoms with Crippen LogP contribution in [0.2, 0.25) is 0 Å². The Morgan fingerprint density at radius 2 is 2.08 bits per heavy atom. The molecule has 1 aromatic carbocycles. The molecule has 0 radical (unpaired) electrons. The average molecular weight is 329 g/mol. The molecule has 6 heteroatoms. The van der Waals surface area contributed by atoms with Crippen molar-refractivity contribution in [2.24, 2.45) is 5.73 Å². The van der Waals surface area contributed by atoms with Crippen LogP contribution in [-0.2, 0) is 6.54 Å². The predicted molar refractivity (Wildman–Crippen MR) is 92.0 cm³/mol. The third kappa shape index (κ3) is 5.33. The monoisotopic (exact) mass is 329 g/mol. The van der Waals surface area contributed by atoms with E-state index in [0.717, 1.165) is 11.3 Å². The van der Waals surface area contributed by atoms with Crippen LogP contribution >= 0.6 is 0 Å². The first-order valence-corrected chi connectivity index (χ1v) is 7.73. The highest BCUT2D eigenvalue weighted by Gasteiger charge is 2.15. The Labute approximate surface area is 141 Å². The number of ether oxygens (including phenoxy) is 1. The second-order valence-corrected chi connectivity index (χ2v) is 6.28. The number of benzene rings is 1. The summed E-state index contributed by atoms with van der Waals surface area (Å²) in [5, 5.41) is 12.4. The molecule has 1 heterocycles. The minimum atomic E-state index is -0.964. The molecule has 0 aliphatic rings. The predicted octanol–water partition coefficient (Wildman–Crippen LogP) is 2.14. The van der Waals surface area contributed by atoms with Crippen molar-refractivity contribution in [1.29, 1.82) is 0 Å². The fraction of sp³-hybridized carbons (Fsp3) is 0.333. The zero-order valence-electron chi connectivity index (χ0n) is 14.2. The molecule has 0 aliphatic heterocycles. The van der Waals surface area contributed by atoms with Gasteiger partial charge in [-0.1, -0.05) is 6.07 Å². The van der Waals surface area contributed by atoms with Crippen LogP contribution in [0, 0.1) is 6.92 Å². The first-order chi connectivity index (χ1) is 11.3. The molecule has 128 valence electrons. The highest BCUT2D eigenvalue weighted by molar-refractivity contribution is 5.94. The molecule has 6 nitrogen and oxygen atoms in total. The van der Waals surface area contributed by atoms with E-state index in [2.05, 4.69) is 10.3 Å². The zero-order valence-corrected chi connectivity index (χ0v) is 14.2. The van der Waals surface area contributed by atoms with Crippen molar-refractivity contribution in [3.05, 3.63) is 53.2 Å². The molecular formula is C18H23N3O3. The first-order valence-electron chi connectivity index (χ1n) is 7.73.